The zero-order valence-corrected chi connectivity index (χ0v) is 9.33. The fraction of sp³-hybridized carbons (Fsp3) is 0.300. The van der Waals surface area contributed by atoms with E-state index in [-0.39, 0.29) is 23.3 Å². The zero-order valence-electron chi connectivity index (χ0n) is 8.51. The maximum atomic E-state index is 11.8. The molecule has 1 atom stereocenters. The molecule has 1 aromatic rings. The van der Waals surface area contributed by atoms with Crippen molar-refractivity contribution in [2.45, 2.75) is 17.4 Å². The van der Waals surface area contributed by atoms with Crippen molar-refractivity contribution in [1.82, 2.24) is 10.0 Å². The van der Waals surface area contributed by atoms with Gasteiger partial charge in [-0.05, 0) is 12.1 Å². The summed E-state index contributed by atoms with van der Waals surface area (Å²) in [6, 6.07) is 7.76. The summed E-state index contributed by atoms with van der Waals surface area (Å²) in [4.78, 5) is 11.1. The molecule has 0 spiro atoms. The van der Waals surface area contributed by atoms with E-state index in [1.807, 2.05) is 0 Å². The molecule has 1 heterocycles. The van der Waals surface area contributed by atoms with E-state index < -0.39 is 10.0 Å². The van der Waals surface area contributed by atoms with Crippen LogP contribution in [-0.4, -0.2) is 26.9 Å². The third kappa shape index (κ3) is 2.40. The molecule has 0 aliphatic carbocycles. The first kappa shape index (κ1) is 11.1. The van der Waals surface area contributed by atoms with Crippen LogP contribution < -0.4 is 10.0 Å². The molecule has 1 saturated heterocycles. The molecule has 6 heteroatoms. The average Bonchev–Trinajstić information content (AvgIpc) is 2.64. The predicted octanol–water partition coefficient (Wildman–Crippen LogP) is -0.147. The van der Waals surface area contributed by atoms with Gasteiger partial charge in [-0.25, -0.2) is 13.1 Å². The van der Waals surface area contributed by atoms with Crippen LogP contribution in [0.3, 0.4) is 0 Å². The van der Waals surface area contributed by atoms with Gasteiger partial charge in [0.25, 0.3) is 0 Å². The van der Waals surface area contributed by atoms with Crippen LogP contribution in [0.25, 0.3) is 0 Å². The molecule has 2 rings (SSSR count). The molecule has 1 aliphatic heterocycles. The Morgan fingerprint density at radius 3 is 2.50 bits per heavy atom. The van der Waals surface area contributed by atoms with Crippen LogP contribution >= 0.6 is 0 Å². The zero-order chi connectivity index (χ0) is 11.6. The van der Waals surface area contributed by atoms with E-state index in [0.29, 0.717) is 6.54 Å². The molecule has 86 valence electrons. The highest BCUT2D eigenvalue weighted by Crippen LogP contribution is 2.10. The molecule has 1 amide bonds. The molecular formula is C10H12N2O3S. The Kier molecular flexibility index (Phi) is 2.93. The van der Waals surface area contributed by atoms with Gasteiger partial charge in [0, 0.05) is 19.0 Å². The molecule has 0 aromatic heterocycles. The number of nitrogens with one attached hydrogen (secondary N) is 2. The molecule has 1 fully saturated rings. The van der Waals surface area contributed by atoms with Crippen molar-refractivity contribution in [2.75, 3.05) is 6.54 Å². The van der Waals surface area contributed by atoms with Crippen molar-refractivity contribution in [3.63, 3.8) is 0 Å². The van der Waals surface area contributed by atoms with Gasteiger partial charge in [0.05, 0.1) is 4.90 Å². The van der Waals surface area contributed by atoms with Crippen molar-refractivity contribution in [3.8, 4) is 0 Å². The van der Waals surface area contributed by atoms with E-state index in [9.17, 15) is 13.2 Å². The number of carbonyl (C=O) groups excluding carboxylic acids is 1. The van der Waals surface area contributed by atoms with Crippen LogP contribution in [-0.2, 0) is 14.8 Å². The minimum atomic E-state index is -3.51. The summed E-state index contributed by atoms with van der Waals surface area (Å²) in [6.45, 7) is 0.352. The lowest BCUT2D eigenvalue weighted by atomic mass is 10.3. The second kappa shape index (κ2) is 4.23. The van der Waals surface area contributed by atoms with Crippen LogP contribution in [0.4, 0.5) is 0 Å². The molecule has 1 unspecified atom stereocenters. The van der Waals surface area contributed by atoms with Crippen molar-refractivity contribution < 1.29 is 13.2 Å². The Morgan fingerprint density at radius 1 is 1.25 bits per heavy atom. The van der Waals surface area contributed by atoms with Crippen molar-refractivity contribution in [2.24, 2.45) is 0 Å². The highest BCUT2D eigenvalue weighted by Gasteiger charge is 2.26. The van der Waals surface area contributed by atoms with E-state index in [1.54, 1.807) is 18.2 Å². The van der Waals surface area contributed by atoms with E-state index in [2.05, 4.69) is 10.0 Å². The SMILES string of the molecule is O=C1CC(NS(=O)(=O)c2ccccc2)CN1. The molecule has 2 N–H and O–H groups in total. The summed E-state index contributed by atoms with van der Waals surface area (Å²) in [5, 5.41) is 2.58. The van der Waals surface area contributed by atoms with E-state index in [0.717, 1.165) is 0 Å². The molecule has 0 radical (unpaired) electrons. The van der Waals surface area contributed by atoms with Crippen LogP contribution in [0.15, 0.2) is 35.2 Å². The molecule has 16 heavy (non-hydrogen) atoms. The van der Waals surface area contributed by atoms with Crippen LogP contribution in [0.1, 0.15) is 6.42 Å². The van der Waals surface area contributed by atoms with Crippen LogP contribution in [0.2, 0.25) is 0 Å². The van der Waals surface area contributed by atoms with Crippen LogP contribution in [0.5, 0.6) is 0 Å². The maximum Gasteiger partial charge on any atom is 0.240 e. The Hall–Kier alpha value is -1.40. The molecule has 0 saturated carbocycles. The minimum Gasteiger partial charge on any atom is -0.354 e. The van der Waals surface area contributed by atoms with Gasteiger partial charge in [-0.1, -0.05) is 18.2 Å². The smallest absolute Gasteiger partial charge is 0.240 e. The highest BCUT2D eigenvalue weighted by atomic mass is 32.2. The Balaban J connectivity index is 2.12. The van der Waals surface area contributed by atoms with Gasteiger partial charge in [0.1, 0.15) is 0 Å². The number of amides is 1. The molecular weight excluding hydrogens is 228 g/mol. The van der Waals surface area contributed by atoms with Gasteiger partial charge in [0.15, 0.2) is 0 Å². The van der Waals surface area contributed by atoms with E-state index in [4.69, 9.17) is 0 Å². The number of benzene rings is 1. The molecule has 5 nitrogen and oxygen atoms in total. The first-order chi connectivity index (χ1) is 7.58. The molecule has 0 bridgehead atoms. The number of sulfonamides is 1. The average molecular weight is 240 g/mol. The quantitative estimate of drug-likeness (QED) is 0.771. The summed E-state index contributed by atoms with van der Waals surface area (Å²) in [6.07, 6.45) is 0.200. The van der Waals surface area contributed by atoms with Crippen molar-refractivity contribution in [3.05, 3.63) is 30.3 Å². The summed E-state index contributed by atoms with van der Waals surface area (Å²) >= 11 is 0. The largest absolute Gasteiger partial charge is 0.354 e. The minimum absolute atomic E-state index is 0.124. The van der Waals surface area contributed by atoms with Gasteiger partial charge in [-0.15, -0.1) is 0 Å². The fourth-order valence-corrected chi connectivity index (χ4v) is 2.83. The van der Waals surface area contributed by atoms with Gasteiger partial charge in [-0.3, -0.25) is 4.79 Å². The van der Waals surface area contributed by atoms with Gasteiger partial charge >= 0.3 is 0 Å². The van der Waals surface area contributed by atoms with Gasteiger partial charge < -0.3 is 5.32 Å². The first-order valence-corrected chi connectivity index (χ1v) is 6.40. The van der Waals surface area contributed by atoms with Gasteiger partial charge in [-0.2, -0.15) is 0 Å². The van der Waals surface area contributed by atoms with Crippen molar-refractivity contribution >= 4 is 15.9 Å². The van der Waals surface area contributed by atoms with Crippen LogP contribution in [0, 0.1) is 0 Å². The second-order valence-electron chi connectivity index (χ2n) is 3.64. The predicted molar refractivity (Wildman–Crippen MR) is 58.2 cm³/mol. The normalized spacial score (nSPS) is 20.8. The lowest BCUT2D eigenvalue weighted by Crippen LogP contribution is -2.36. The standard InChI is InChI=1S/C10H12N2O3S/c13-10-6-8(7-11-10)12-16(14,15)9-4-2-1-3-5-9/h1-5,8,12H,6-7H2,(H,11,13). The lowest BCUT2D eigenvalue weighted by Gasteiger charge is -2.10. The molecule has 1 aliphatic rings. The summed E-state index contributed by atoms with van der Waals surface area (Å²) in [7, 11) is -3.51. The lowest BCUT2D eigenvalue weighted by molar-refractivity contribution is -0.119. The highest BCUT2D eigenvalue weighted by molar-refractivity contribution is 7.89. The third-order valence-corrected chi connectivity index (χ3v) is 3.89. The summed E-state index contributed by atoms with van der Waals surface area (Å²) in [5.41, 5.74) is 0. The fourth-order valence-electron chi connectivity index (χ4n) is 1.58. The Morgan fingerprint density at radius 2 is 1.94 bits per heavy atom. The number of rotatable bonds is 3. The number of hydrogen-bond acceptors (Lipinski definition) is 3. The maximum absolute atomic E-state index is 11.8. The monoisotopic (exact) mass is 240 g/mol. The summed E-state index contributed by atoms with van der Waals surface area (Å²) < 4.78 is 26.2. The Bertz CT molecular complexity index is 484. The summed E-state index contributed by atoms with van der Waals surface area (Å²) in [5.74, 6) is -0.124. The van der Waals surface area contributed by atoms with E-state index in [1.165, 1.54) is 12.1 Å². The third-order valence-electron chi connectivity index (χ3n) is 2.35. The van der Waals surface area contributed by atoms with Gasteiger partial charge in [0.2, 0.25) is 15.9 Å². The van der Waals surface area contributed by atoms with E-state index >= 15 is 0 Å². The van der Waals surface area contributed by atoms with Crippen molar-refractivity contribution in [1.29, 1.82) is 0 Å². The molecule has 1 aromatic carbocycles. The second-order valence-corrected chi connectivity index (χ2v) is 5.35. The Labute approximate surface area is 93.9 Å². The topological polar surface area (TPSA) is 75.3 Å². The first-order valence-electron chi connectivity index (χ1n) is 4.92. The number of carbonyl (C=O) groups is 1. The number of hydrogen-bond donors (Lipinski definition) is 2.